The molecule has 0 aliphatic rings. The predicted octanol–water partition coefficient (Wildman–Crippen LogP) is 7.66. The van der Waals surface area contributed by atoms with Crippen molar-refractivity contribution in [2.45, 2.75) is 49.6 Å². The second-order valence-corrected chi connectivity index (χ2v) is 10.3. The van der Waals surface area contributed by atoms with Crippen molar-refractivity contribution in [3.8, 4) is 5.75 Å². The number of thioether (sulfide) groups is 1. The van der Waals surface area contributed by atoms with Crippen molar-refractivity contribution in [2.75, 3.05) is 11.9 Å². The second-order valence-electron chi connectivity index (χ2n) is 7.28. The summed E-state index contributed by atoms with van der Waals surface area (Å²) in [5.41, 5.74) is 2.77. The zero-order chi connectivity index (χ0) is 22.9. The minimum atomic E-state index is -0.352. The van der Waals surface area contributed by atoms with Crippen molar-refractivity contribution in [1.82, 2.24) is 10.2 Å². The van der Waals surface area contributed by atoms with Crippen LogP contribution < -0.4 is 10.1 Å². The average molecular weight is 511 g/mol. The molecular formula is C23H25Cl2N3O2S2. The third-order valence-electron chi connectivity index (χ3n) is 4.61. The van der Waals surface area contributed by atoms with E-state index in [4.69, 9.17) is 27.9 Å². The van der Waals surface area contributed by atoms with Crippen LogP contribution in [0, 0.1) is 6.92 Å². The van der Waals surface area contributed by atoms with Crippen LogP contribution in [0.15, 0.2) is 40.7 Å². The molecule has 0 atom stereocenters. The lowest BCUT2D eigenvalue weighted by atomic mass is 10.2. The first-order chi connectivity index (χ1) is 15.5. The Morgan fingerprint density at radius 2 is 1.81 bits per heavy atom. The van der Waals surface area contributed by atoms with Crippen molar-refractivity contribution >= 4 is 57.3 Å². The van der Waals surface area contributed by atoms with Crippen molar-refractivity contribution in [1.29, 1.82) is 0 Å². The number of nitrogens with one attached hydrogen (secondary N) is 1. The lowest BCUT2D eigenvalue weighted by molar-refractivity contribution is 0.102. The number of nitrogens with zero attached hydrogens (tertiary/aromatic N) is 2. The summed E-state index contributed by atoms with van der Waals surface area (Å²) in [6.45, 7) is 4.76. The number of ether oxygens (including phenoxy) is 1. The molecule has 0 aliphatic heterocycles. The fourth-order valence-corrected chi connectivity index (χ4v) is 5.15. The first kappa shape index (κ1) is 24.8. The van der Waals surface area contributed by atoms with Gasteiger partial charge in [0.1, 0.15) is 0 Å². The van der Waals surface area contributed by atoms with Crippen LogP contribution in [0.5, 0.6) is 5.75 Å². The van der Waals surface area contributed by atoms with Crippen LogP contribution in [0.1, 0.15) is 54.1 Å². The van der Waals surface area contributed by atoms with E-state index in [1.54, 1.807) is 23.9 Å². The van der Waals surface area contributed by atoms with E-state index in [0.717, 1.165) is 29.4 Å². The molecule has 1 heterocycles. The highest BCUT2D eigenvalue weighted by atomic mass is 35.5. The van der Waals surface area contributed by atoms with E-state index < -0.39 is 0 Å². The van der Waals surface area contributed by atoms with Crippen molar-refractivity contribution < 1.29 is 9.53 Å². The van der Waals surface area contributed by atoms with E-state index in [1.807, 2.05) is 0 Å². The number of carbonyl (C=O) groups is 1. The van der Waals surface area contributed by atoms with Gasteiger partial charge in [0.25, 0.3) is 5.91 Å². The number of hydrogen-bond donors (Lipinski definition) is 1. The number of halogens is 2. The van der Waals surface area contributed by atoms with E-state index in [0.29, 0.717) is 33.1 Å². The molecule has 3 aromatic rings. The van der Waals surface area contributed by atoms with Crippen LogP contribution in [0.4, 0.5) is 5.13 Å². The first-order valence-electron chi connectivity index (χ1n) is 10.4. The van der Waals surface area contributed by atoms with Gasteiger partial charge in [0.2, 0.25) is 5.13 Å². The molecule has 1 aromatic heterocycles. The molecule has 0 bridgehead atoms. The quantitative estimate of drug-likeness (QED) is 0.163. The Kier molecular flexibility index (Phi) is 9.66. The average Bonchev–Trinajstić information content (AvgIpc) is 3.22. The van der Waals surface area contributed by atoms with E-state index in [1.165, 1.54) is 28.9 Å². The van der Waals surface area contributed by atoms with Crippen LogP contribution in [-0.4, -0.2) is 22.7 Å². The van der Waals surface area contributed by atoms with Gasteiger partial charge in [0.15, 0.2) is 10.1 Å². The Hall–Kier alpha value is -1.80. The molecule has 0 radical (unpaired) electrons. The molecule has 1 amide bonds. The van der Waals surface area contributed by atoms with Gasteiger partial charge in [0.05, 0.1) is 16.7 Å². The van der Waals surface area contributed by atoms with Crippen LogP contribution in [0.2, 0.25) is 10.0 Å². The number of benzene rings is 2. The molecule has 0 saturated heterocycles. The normalized spacial score (nSPS) is 10.9. The maximum absolute atomic E-state index is 12.6. The Morgan fingerprint density at radius 3 is 2.50 bits per heavy atom. The maximum atomic E-state index is 12.6. The SMILES string of the molecule is CCCCCCOc1c(Cl)cc(C(=O)Nc2nnc(SCc3ccc(C)cc3)s2)cc1Cl. The molecule has 2 aromatic carbocycles. The van der Waals surface area contributed by atoms with Crippen molar-refractivity contribution in [3.05, 3.63) is 63.1 Å². The Morgan fingerprint density at radius 1 is 1.09 bits per heavy atom. The molecule has 0 unspecified atom stereocenters. The van der Waals surface area contributed by atoms with Gasteiger partial charge >= 0.3 is 0 Å². The molecule has 0 spiro atoms. The summed E-state index contributed by atoms with van der Waals surface area (Å²) >= 11 is 15.5. The molecule has 0 saturated carbocycles. The van der Waals surface area contributed by atoms with Crippen LogP contribution in [-0.2, 0) is 5.75 Å². The zero-order valence-electron chi connectivity index (χ0n) is 18.0. The summed E-state index contributed by atoms with van der Waals surface area (Å²) in [4.78, 5) is 12.6. The molecule has 9 heteroatoms. The van der Waals surface area contributed by atoms with Gasteiger partial charge < -0.3 is 4.74 Å². The summed E-state index contributed by atoms with van der Waals surface area (Å²) in [6.07, 6.45) is 4.36. The van der Waals surface area contributed by atoms with Gasteiger partial charge in [-0.25, -0.2) is 0 Å². The van der Waals surface area contributed by atoms with Crippen molar-refractivity contribution in [3.63, 3.8) is 0 Å². The number of rotatable bonds is 11. The van der Waals surface area contributed by atoms with Gasteiger partial charge in [-0.15, -0.1) is 10.2 Å². The van der Waals surface area contributed by atoms with Gasteiger partial charge in [-0.2, -0.15) is 0 Å². The first-order valence-corrected chi connectivity index (χ1v) is 13.0. The third-order valence-corrected chi connectivity index (χ3v) is 7.22. The van der Waals surface area contributed by atoms with Crippen LogP contribution >= 0.6 is 46.3 Å². The minimum Gasteiger partial charge on any atom is -0.490 e. The van der Waals surface area contributed by atoms with Gasteiger partial charge in [-0.3, -0.25) is 10.1 Å². The molecule has 5 nitrogen and oxygen atoms in total. The van der Waals surface area contributed by atoms with Gasteiger partial charge in [0, 0.05) is 11.3 Å². The van der Waals surface area contributed by atoms with Crippen LogP contribution in [0.3, 0.4) is 0 Å². The van der Waals surface area contributed by atoms with E-state index in [9.17, 15) is 4.79 Å². The predicted molar refractivity (Wildman–Crippen MR) is 135 cm³/mol. The molecule has 32 heavy (non-hydrogen) atoms. The molecule has 0 aliphatic carbocycles. The number of anilines is 1. The van der Waals surface area contributed by atoms with Gasteiger partial charge in [-0.05, 0) is 31.0 Å². The van der Waals surface area contributed by atoms with Crippen LogP contribution in [0.25, 0.3) is 0 Å². The monoisotopic (exact) mass is 509 g/mol. The fraction of sp³-hybridized carbons (Fsp3) is 0.348. The number of carbonyl (C=O) groups excluding carboxylic acids is 1. The number of unbranched alkanes of at least 4 members (excludes halogenated alkanes) is 3. The summed E-state index contributed by atoms with van der Waals surface area (Å²) in [6, 6.07) is 11.5. The van der Waals surface area contributed by atoms with Crippen molar-refractivity contribution in [2.24, 2.45) is 0 Å². The highest BCUT2D eigenvalue weighted by molar-refractivity contribution is 8.00. The summed E-state index contributed by atoms with van der Waals surface area (Å²) in [5, 5.41) is 12.0. The summed E-state index contributed by atoms with van der Waals surface area (Å²) in [5.74, 6) is 0.843. The largest absolute Gasteiger partial charge is 0.490 e. The highest BCUT2D eigenvalue weighted by Gasteiger charge is 2.16. The number of hydrogen-bond acceptors (Lipinski definition) is 6. The molecule has 3 rings (SSSR count). The number of aromatic nitrogens is 2. The summed E-state index contributed by atoms with van der Waals surface area (Å²) in [7, 11) is 0. The minimum absolute atomic E-state index is 0.310. The molecule has 1 N–H and O–H groups in total. The molecular weight excluding hydrogens is 485 g/mol. The lowest BCUT2D eigenvalue weighted by Crippen LogP contribution is -2.12. The van der Waals surface area contributed by atoms with E-state index in [-0.39, 0.29) is 5.91 Å². The Bertz CT molecular complexity index is 1020. The summed E-state index contributed by atoms with van der Waals surface area (Å²) < 4.78 is 6.50. The second kappa shape index (κ2) is 12.4. The van der Waals surface area contributed by atoms with E-state index >= 15 is 0 Å². The number of amides is 1. The topological polar surface area (TPSA) is 64.1 Å². The standard InChI is InChI=1S/C23H25Cl2N3O2S2/c1-3-4-5-6-11-30-20-18(24)12-17(13-19(20)25)21(29)26-22-27-28-23(32-22)31-14-16-9-7-15(2)8-10-16/h7-10,12-13H,3-6,11,14H2,1-2H3,(H,26,27,29). The highest BCUT2D eigenvalue weighted by Crippen LogP contribution is 2.35. The smallest absolute Gasteiger partial charge is 0.257 e. The Labute approximate surface area is 206 Å². The fourth-order valence-electron chi connectivity index (χ4n) is 2.85. The molecule has 170 valence electrons. The maximum Gasteiger partial charge on any atom is 0.257 e. The number of aryl methyl sites for hydroxylation is 1. The zero-order valence-corrected chi connectivity index (χ0v) is 21.1. The van der Waals surface area contributed by atoms with Gasteiger partial charge in [-0.1, -0.05) is 102 Å². The lowest BCUT2D eigenvalue weighted by Gasteiger charge is -2.11. The van der Waals surface area contributed by atoms with E-state index in [2.05, 4.69) is 53.6 Å². The third kappa shape index (κ3) is 7.37. The Balaban J connectivity index is 1.55. The molecule has 0 fully saturated rings.